The van der Waals surface area contributed by atoms with E-state index in [1.807, 2.05) is 24.3 Å². The van der Waals surface area contributed by atoms with E-state index in [-0.39, 0.29) is 17.9 Å². The molecule has 0 spiro atoms. The molecule has 1 aromatic carbocycles. The number of nitrogens with zero attached hydrogens (tertiary/aromatic N) is 4. The molecule has 2 aromatic rings. The van der Waals surface area contributed by atoms with E-state index < -0.39 is 11.8 Å². The van der Waals surface area contributed by atoms with Gasteiger partial charge in [0.2, 0.25) is 0 Å². The van der Waals surface area contributed by atoms with Crippen molar-refractivity contribution >= 4 is 11.8 Å². The number of aliphatic hydroxyl groups excluding tert-OH is 1. The lowest BCUT2D eigenvalue weighted by Gasteiger charge is -2.34. The highest BCUT2D eigenvalue weighted by atomic mass is 16.3. The summed E-state index contributed by atoms with van der Waals surface area (Å²) in [5.74, 6) is 0.239. The SMILES string of the molecule is N[C@@H]1CCN(Cc2ccc(-n3ccc(NC(=O)N4CCNCC4)nc3=O)cc2)CC1O. The summed E-state index contributed by atoms with van der Waals surface area (Å²) >= 11 is 0. The largest absolute Gasteiger partial charge is 0.390 e. The van der Waals surface area contributed by atoms with Gasteiger partial charge in [0, 0.05) is 58.1 Å². The first-order chi connectivity index (χ1) is 15.0. The minimum atomic E-state index is -0.497. The maximum atomic E-state index is 12.5. The second-order valence-corrected chi connectivity index (χ2v) is 8.05. The zero-order chi connectivity index (χ0) is 21.8. The second kappa shape index (κ2) is 9.56. The van der Waals surface area contributed by atoms with E-state index in [0.717, 1.165) is 31.6 Å². The molecule has 0 saturated carbocycles. The lowest BCUT2D eigenvalue weighted by atomic mass is 10.0. The standard InChI is InChI=1S/C21H29N7O3/c22-17-5-9-26(14-18(17)29)13-15-1-3-16(4-2-15)28-10-6-19(25-21(28)31)24-20(30)27-11-7-23-8-12-27/h1-4,6,10,17-18,23,29H,5,7-9,11-14,22H2,(H,24,25,30,31)/t17-,18?/m1/s1. The van der Waals surface area contributed by atoms with Crippen LogP contribution < -0.4 is 22.1 Å². The van der Waals surface area contributed by atoms with Gasteiger partial charge in [-0.15, -0.1) is 0 Å². The summed E-state index contributed by atoms with van der Waals surface area (Å²) in [7, 11) is 0. The van der Waals surface area contributed by atoms with Crippen LogP contribution in [0, 0.1) is 0 Å². The number of likely N-dealkylation sites (tertiary alicyclic amines) is 1. The molecule has 31 heavy (non-hydrogen) atoms. The van der Waals surface area contributed by atoms with Gasteiger partial charge in [0.25, 0.3) is 0 Å². The third kappa shape index (κ3) is 5.28. The fraction of sp³-hybridized carbons (Fsp3) is 0.476. The van der Waals surface area contributed by atoms with E-state index >= 15 is 0 Å². The Balaban J connectivity index is 1.39. The summed E-state index contributed by atoms with van der Waals surface area (Å²) in [5, 5.41) is 15.8. The Labute approximate surface area is 180 Å². The third-order valence-electron chi connectivity index (χ3n) is 5.78. The maximum Gasteiger partial charge on any atom is 0.354 e. The zero-order valence-electron chi connectivity index (χ0n) is 17.4. The number of nitrogens with two attached hydrogens (primary N) is 1. The molecule has 2 aliphatic heterocycles. The molecule has 2 fully saturated rings. The van der Waals surface area contributed by atoms with Crippen LogP contribution >= 0.6 is 0 Å². The van der Waals surface area contributed by atoms with Gasteiger partial charge in [-0.2, -0.15) is 4.98 Å². The van der Waals surface area contributed by atoms with Gasteiger partial charge < -0.3 is 21.1 Å². The van der Waals surface area contributed by atoms with Crippen molar-refractivity contribution in [2.45, 2.75) is 25.1 Å². The number of anilines is 1. The summed E-state index contributed by atoms with van der Waals surface area (Å²) in [6.45, 7) is 4.89. The maximum absolute atomic E-state index is 12.5. The minimum absolute atomic E-state index is 0.150. The molecule has 166 valence electrons. The molecule has 0 bridgehead atoms. The highest BCUT2D eigenvalue weighted by molar-refractivity contribution is 5.88. The van der Waals surface area contributed by atoms with Crippen LogP contribution in [0.4, 0.5) is 10.6 Å². The molecule has 2 aliphatic rings. The average molecular weight is 428 g/mol. The number of carbonyl (C=O) groups is 1. The molecule has 4 rings (SSSR count). The number of hydrogen-bond donors (Lipinski definition) is 4. The van der Waals surface area contributed by atoms with Gasteiger partial charge in [0.15, 0.2) is 0 Å². The fourth-order valence-corrected chi connectivity index (χ4v) is 3.90. The Hall–Kier alpha value is -2.79. The number of hydrogen-bond acceptors (Lipinski definition) is 7. The summed E-state index contributed by atoms with van der Waals surface area (Å²) in [6, 6.07) is 8.87. The van der Waals surface area contributed by atoms with Crippen LogP contribution in [-0.2, 0) is 6.54 Å². The Morgan fingerprint density at radius 1 is 1.19 bits per heavy atom. The number of aliphatic hydroxyl groups is 1. The number of urea groups is 1. The molecule has 2 atom stereocenters. The monoisotopic (exact) mass is 427 g/mol. The third-order valence-corrected chi connectivity index (χ3v) is 5.78. The molecular weight excluding hydrogens is 398 g/mol. The summed E-state index contributed by atoms with van der Waals surface area (Å²) < 4.78 is 1.44. The second-order valence-electron chi connectivity index (χ2n) is 8.05. The van der Waals surface area contributed by atoms with Crippen LogP contribution in [0.5, 0.6) is 0 Å². The van der Waals surface area contributed by atoms with Crippen LogP contribution in [0.25, 0.3) is 5.69 Å². The molecule has 0 radical (unpaired) electrons. The number of benzene rings is 1. The summed E-state index contributed by atoms with van der Waals surface area (Å²) in [5.41, 5.74) is 7.19. The van der Waals surface area contributed by atoms with E-state index in [0.29, 0.717) is 31.9 Å². The van der Waals surface area contributed by atoms with Crippen molar-refractivity contribution in [2.75, 3.05) is 44.6 Å². The van der Waals surface area contributed by atoms with Gasteiger partial charge >= 0.3 is 11.7 Å². The Morgan fingerprint density at radius 3 is 2.61 bits per heavy atom. The first-order valence-electron chi connectivity index (χ1n) is 10.6. The molecule has 3 heterocycles. The van der Waals surface area contributed by atoms with Gasteiger partial charge in [-0.05, 0) is 30.2 Å². The van der Waals surface area contributed by atoms with Crippen LogP contribution in [0.1, 0.15) is 12.0 Å². The number of aromatic nitrogens is 2. The minimum Gasteiger partial charge on any atom is -0.390 e. The Kier molecular flexibility index (Phi) is 6.62. The summed E-state index contributed by atoms with van der Waals surface area (Å²) in [4.78, 5) is 32.6. The van der Waals surface area contributed by atoms with Gasteiger partial charge in [-0.3, -0.25) is 14.8 Å². The van der Waals surface area contributed by atoms with Crippen molar-refractivity contribution in [3.63, 3.8) is 0 Å². The van der Waals surface area contributed by atoms with Crippen molar-refractivity contribution in [3.05, 3.63) is 52.6 Å². The van der Waals surface area contributed by atoms with Crippen molar-refractivity contribution in [1.82, 2.24) is 24.7 Å². The number of rotatable bonds is 4. The zero-order valence-corrected chi connectivity index (χ0v) is 17.4. The van der Waals surface area contributed by atoms with Crippen LogP contribution in [0.15, 0.2) is 41.3 Å². The number of piperazine rings is 1. The van der Waals surface area contributed by atoms with Gasteiger partial charge in [0.1, 0.15) is 5.82 Å². The van der Waals surface area contributed by atoms with Crippen LogP contribution in [0.2, 0.25) is 0 Å². The van der Waals surface area contributed by atoms with Gasteiger partial charge in [-0.25, -0.2) is 9.59 Å². The average Bonchev–Trinajstić information content (AvgIpc) is 2.78. The van der Waals surface area contributed by atoms with E-state index in [9.17, 15) is 14.7 Å². The number of carbonyl (C=O) groups excluding carboxylic acids is 1. The molecule has 10 nitrogen and oxygen atoms in total. The predicted octanol–water partition coefficient (Wildman–Crippen LogP) is -0.436. The van der Waals surface area contributed by atoms with E-state index in [2.05, 4.69) is 20.5 Å². The molecule has 5 N–H and O–H groups in total. The normalized spacial score (nSPS) is 22.3. The number of nitrogens with one attached hydrogen (secondary N) is 2. The van der Waals surface area contributed by atoms with E-state index in [1.165, 1.54) is 4.57 Å². The van der Waals surface area contributed by atoms with Crippen molar-refractivity contribution in [3.8, 4) is 5.69 Å². The van der Waals surface area contributed by atoms with Crippen molar-refractivity contribution in [1.29, 1.82) is 0 Å². The molecule has 1 aromatic heterocycles. The lowest BCUT2D eigenvalue weighted by molar-refractivity contribution is 0.0499. The van der Waals surface area contributed by atoms with Gasteiger partial charge in [-0.1, -0.05) is 12.1 Å². The number of β-amino-alcohol motifs (C(OH)–C–C–N with tert-alkyl or cyclic N) is 1. The molecule has 0 aliphatic carbocycles. The fourth-order valence-electron chi connectivity index (χ4n) is 3.90. The Bertz CT molecular complexity index is 956. The summed E-state index contributed by atoms with van der Waals surface area (Å²) in [6.07, 6.45) is 1.89. The molecular formula is C21H29N7O3. The van der Waals surface area contributed by atoms with Gasteiger partial charge in [0.05, 0.1) is 11.8 Å². The van der Waals surface area contributed by atoms with E-state index in [1.54, 1.807) is 17.2 Å². The predicted molar refractivity (Wildman–Crippen MR) is 117 cm³/mol. The Morgan fingerprint density at radius 2 is 1.94 bits per heavy atom. The molecule has 2 saturated heterocycles. The van der Waals surface area contributed by atoms with E-state index in [4.69, 9.17) is 5.73 Å². The molecule has 1 unspecified atom stereocenters. The molecule has 2 amide bonds. The highest BCUT2D eigenvalue weighted by Crippen LogP contribution is 2.15. The molecule has 10 heteroatoms. The van der Waals surface area contributed by atoms with Crippen LogP contribution in [0.3, 0.4) is 0 Å². The number of amides is 2. The van der Waals surface area contributed by atoms with Crippen LogP contribution in [-0.4, -0.2) is 81.9 Å². The smallest absolute Gasteiger partial charge is 0.354 e. The topological polar surface area (TPSA) is 129 Å². The van der Waals surface area contributed by atoms with Crippen molar-refractivity contribution < 1.29 is 9.90 Å². The lowest BCUT2D eigenvalue weighted by Crippen LogP contribution is -2.50. The first kappa shape index (κ1) is 21.4. The quantitative estimate of drug-likeness (QED) is 0.521. The van der Waals surface area contributed by atoms with Crippen molar-refractivity contribution in [2.24, 2.45) is 5.73 Å². The highest BCUT2D eigenvalue weighted by Gasteiger charge is 2.24. The first-order valence-corrected chi connectivity index (χ1v) is 10.6. The number of piperidine rings is 1.